The zero-order chi connectivity index (χ0) is 18.2. The molecule has 130 valence electrons. The summed E-state index contributed by atoms with van der Waals surface area (Å²) >= 11 is 10.8. The number of anilines is 1. The highest BCUT2D eigenvalue weighted by atomic mass is 35.5. The molecule has 0 unspecified atom stereocenters. The number of carbonyl (C=O) groups is 2. The molecule has 0 heterocycles. The zero-order valence-corrected chi connectivity index (χ0v) is 14.5. The molecule has 0 saturated carbocycles. The summed E-state index contributed by atoms with van der Waals surface area (Å²) in [6, 6.07) is 13.3. The maximum Gasteiger partial charge on any atom is 0.276 e. The molecule has 0 aliphatic rings. The molecule has 0 aliphatic heterocycles. The molecule has 2 amide bonds. The van der Waals surface area contributed by atoms with Crippen LogP contribution in [0.3, 0.4) is 0 Å². The number of hydrogen-bond acceptors (Lipinski definition) is 4. The number of para-hydroxylation sites is 1. The normalized spacial score (nSPS) is 9.80. The van der Waals surface area contributed by atoms with Crippen molar-refractivity contribution in [1.82, 2.24) is 10.9 Å². The van der Waals surface area contributed by atoms with E-state index < -0.39 is 11.8 Å². The Balaban J connectivity index is 1.78. The first-order valence-corrected chi connectivity index (χ1v) is 7.87. The van der Waals surface area contributed by atoms with Crippen molar-refractivity contribution in [2.45, 2.75) is 0 Å². The Labute approximate surface area is 154 Å². The summed E-state index contributed by atoms with van der Waals surface area (Å²) < 4.78 is 5.29. The number of benzene rings is 2. The largest absolute Gasteiger partial charge is 0.483 e. The molecule has 2 aromatic rings. The minimum Gasteiger partial charge on any atom is -0.483 e. The quantitative estimate of drug-likeness (QED) is 0.467. The van der Waals surface area contributed by atoms with Crippen molar-refractivity contribution >= 4 is 46.4 Å². The molecule has 25 heavy (non-hydrogen) atoms. The van der Waals surface area contributed by atoms with Gasteiger partial charge in [-0.1, -0.05) is 23.7 Å². The fourth-order valence-electron chi connectivity index (χ4n) is 1.80. The van der Waals surface area contributed by atoms with Crippen molar-refractivity contribution in [3.63, 3.8) is 0 Å². The zero-order valence-electron chi connectivity index (χ0n) is 12.9. The van der Waals surface area contributed by atoms with E-state index in [1.165, 1.54) is 6.07 Å². The number of halogens is 1. The van der Waals surface area contributed by atoms with E-state index in [0.717, 1.165) is 0 Å². The molecular formula is C16H15ClN4O3S. The first-order chi connectivity index (χ1) is 12.0. The van der Waals surface area contributed by atoms with Gasteiger partial charge >= 0.3 is 0 Å². The third-order valence-electron chi connectivity index (χ3n) is 2.93. The first kappa shape index (κ1) is 18.5. The van der Waals surface area contributed by atoms with Gasteiger partial charge in [0.05, 0.1) is 5.56 Å². The molecule has 0 fully saturated rings. The highest BCUT2D eigenvalue weighted by Gasteiger charge is 2.10. The van der Waals surface area contributed by atoms with Crippen LogP contribution in [0.1, 0.15) is 10.4 Å². The van der Waals surface area contributed by atoms with Crippen molar-refractivity contribution in [1.29, 1.82) is 0 Å². The molecule has 7 nitrogen and oxygen atoms in total. The van der Waals surface area contributed by atoms with E-state index in [4.69, 9.17) is 34.3 Å². The number of rotatable bonds is 5. The molecule has 2 aromatic carbocycles. The van der Waals surface area contributed by atoms with Crippen LogP contribution in [0.15, 0.2) is 48.5 Å². The van der Waals surface area contributed by atoms with Gasteiger partial charge in [-0.25, -0.2) is 0 Å². The average molecular weight is 379 g/mol. The van der Waals surface area contributed by atoms with E-state index in [2.05, 4.69) is 16.2 Å². The van der Waals surface area contributed by atoms with Crippen molar-refractivity contribution in [3.05, 3.63) is 59.1 Å². The van der Waals surface area contributed by atoms with Gasteiger partial charge in [-0.05, 0) is 48.6 Å². The molecule has 2 rings (SSSR count). The van der Waals surface area contributed by atoms with Gasteiger partial charge < -0.3 is 15.8 Å². The number of hydrogen-bond donors (Lipinski definition) is 4. The Kier molecular flexibility index (Phi) is 6.55. The van der Waals surface area contributed by atoms with Crippen molar-refractivity contribution in [3.8, 4) is 5.75 Å². The van der Waals surface area contributed by atoms with Crippen LogP contribution >= 0.6 is 23.8 Å². The van der Waals surface area contributed by atoms with Crippen LogP contribution in [0.4, 0.5) is 5.69 Å². The van der Waals surface area contributed by atoms with E-state index in [0.29, 0.717) is 10.7 Å². The number of ether oxygens (including phenoxy) is 1. The third kappa shape index (κ3) is 5.94. The molecule has 0 bridgehead atoms. The fourth-order valence-corrected chi connectivity index (χ4v) is 2.09. The monoisotopic (exact) mass is 378 g/mol. The van der Waals surface area contributed by atoms with Gasteiger partial charge in [0, 0.05) is 10.7 Å². The Morgan fingerprint density at radius 3 is 2.44 bits per heavy atom. The van der Waals surface area contributed by atoms with Crippen LogP contribution in [0.25, 0.3) is 0 Å². The second-order valence-corrected chi connectivity index (χ2v) is 5.63. The first-order valence-electron chi connectivity index (χ1n) is 7.09. The Hall–Kier alpha value is -2.84. The van der Waals surface area contributed by atoms with E-state index >= 15 is 0 Å². The highest BCUT2D eigenvalue weighted by Crippen LogP contribution is 2.16. The van der Waals surface area contributed by atoms with Crippen molar-refractivity contribution in [2.24, 2.45) is 5.73 Å². The van der Waals surface area contributed by atoms with Crippen LogP contribution in [0, 0.1) is 0 Å². The number of hydrazine groups is 1. The maximum absolute atomic E-state index is 11.8. The molecule has 0 radical (unpaired) electrons. The van der Waals surface area contributed by atoms with Crippen LogP contribution in [-0.2, 0) is 4.79 Å². The topological polar surface area (TPSA) is 105 Å². The average Bonchev–Trinajstić information content (AvgIpc) is 2.60. The van der Waals surface area contributed by atoms with E-state index in [1.54, 1.807) is 42.5 Å². The van der Waals surface area contributed by atoms with Crippen LogP contribution in [0.2, 0.25) is 5.02 Å². The summed E-state index contributed by atoms with van der Waals surface area (Å²) in [6.07, 6.45) is 0. The van der Waals surface area contributed by atoms with Gasteiger partial charge in [0.1, 0.15) is 5.75 Å². The number of thiocarbonyl (C=S) groups is 1. The summed E-state index contributed by atoms with van der Waals surface area (Å²) in [5, 5.41) is 3.66. The Morgan fingerprint density at radius 1 is 1.08 bits per heavy atom. The summed E-state index contributed by atoms with van der Waals surface area (Å²) in [7, 11) is 0. The maximum atomic E-state index is 11.8. The minimum atomic E-state index is -0.637. The predicted molar refractivity (Wildman–Crippen MR) is 99.4 cm³/mol. The molecule has 0 atom stereocenters. The SMILES string of the molecule is NC(=O)c1ccccc1OCC(=O)NNC(=S)Nc1ccc(Cl)cc1. The molecule has 5 N–H and O–H groups in total. The Morgan fingerprint density at radius 2 is 1.76 bits per heavy atom. The molecular weight excluding hydrogens is 364 g/mol. The fraction of sp³-hybridized carbons (Fsp3) is 0.0625. The second kappa shape index (κ2) is 8.86. The van der Waals surface area contributed by atoms with Gasteiger partial charge in [-0.2, -0.15) is 0 Å². The van der Waals surface area contributed by atoms with E-state index in [-0.39, 0.29) is 23.0 Å². The molecule has 0 aliphatic carbocycles. The molecule has 0 saturated heterocycles. The van der Waals surface area contributed by atoms with Gasteiger partial charge in [-0.15, -0.1) is 0 Å². The summed E-state index contributed by atoms with van der Waals surface area (Å²) in [6.45, 7) is -0.319. The number of amides is 2. The number of primary amides is 1. The lowest BCUT2D eigenvalue weighted by atomic mass is 10.2. The van der Waals surface area contributed by atoms with Gasteiger partial charge in [0.15, 0.2) is 11.7 Å². The van der Waals surface area contributed by atoms with Crippen LogP contribution in [0.5, 0.6) is 5.75 Å². The second-order valence-electron chi connectivity index (χ2n) is 4.78. The van der Waals surface area contributed by atoms with Gasteiger partial charge in [-0.3, -0.25) is 20.4 Å². The Bertz CT molecular complexity index is 783. The summed E-state index contributed by atoms with van der Waals surface area (Å²) in [5.74, 6) is -0.894. The number of nitrogens with one attached hydrogen (secondary N) is 3. The van der Waals surface area contributed by atoms with Gasteiger partial charge in [0.2, 0.25) is 0 Å². The predicted octanol–water partition coefficient (Wildman–Crippen LogP) is 1.84. The summed E-state index contributed by atoms with van der Waals surface area (Å²) in [5.41, 5.74) is 11.1. The lowest BCUT2D eigenvalue weighted by molar-refractivity contribution is -0.123. The highest BCUT2D eigenvalue weighted by molar-refractivity contribution is 7.80. The third-order valence-corrected chi connectivity index (χ3v) is 3.38. The van der Waals surface area contributed by atoms with E-state index in [1.807, 2.05) is 0 Å². The summed E-state index contributed by atoms with van der Waals surface area (Å²) in [4.78, 5) is 23.1. The lowest BCUT2D eigenvalue weighted by Gasteiger charge is -2.13. The van der Waals surface area contributed by atoms with Crippen LogP contribution < -0.4 is 26.6 Å². The number of carbonyl (C=O) groups excluding carboxylic acids is 2. The minimum absolute atomic E-state index is 0.188. The smallest absolute Gasteiger partial charge is 0.276 e. The number of nitrogens with two attached hydrogens (primary N) is 1. The lowest BCUT2D eigenvalue weighted by Crippen LogP contribution is -2.45. The van der Waals surface area contributed by atoms with E-state index in [9.17, 15) is 9.59 Å². The van der Waals surface area contributed by atoms with Gasteiger partial charge in [0.25, 0.3) is 11.8 Å². The van der Waals surface area contributed by atoms with Crippen molar-refractivity contribution in [2.75, 3.05) is 11.9 Å². The van der Waals surface area contributed by atoms with Crippen molar-refractivity contribution < 1.29 is 14.3 Å². The molecule has 0 aromatic heterocycles. The molecule has 9 heteroatoms. The molecule has 0 spiro atoms. The van der Waals surface area contributed by atoms with Crippen LogP contribution in [-0.4, -0.2) is 23.5 Å². The standard InChI is InChI=1S/C16H15ClN4O3S/c17-10-5-7-11(8-6-10)19-16(25)21-20-14(22)9-24-13-4-2-1-3-12(13)15(18)23/h1-8H,9H2,(H2,18,23)(H,20,22)(H2,19,21,25).